The molecule has 0 spiro atoms. The number of amides is 2. The highest BCUT2D eigenvalue weighted by molar-refractivity contribution is 7.10. The summed E-state index contributed by atoms with van der Waals surface area (Å²) in [5.41, 5.74) is 4.23. The number of carbonyl (C=O) groups is 3. The van der Waals surface area contributed by atoms with E-state index in [-0.39, 0.29) is 39.1 Å². The molecule has 214 valence electrons. The molecule has 0 bridgehead atoms. The van der Waals surface area contributed by atoms with Crippen LogP contribution in [-0.2, 0) is 10.3 Å². The highest BCUT2D eigenvalue weighted by atomic mass is 35.5. The molecule has 0 fully saturated rings. The standard InChI is InChI=1S/C27H30Cl2N4O6S/c1-5-32(6-2)12-11-27(25(30)37,26-31-20(15-40-26)24(35)36)33(17-8-10-21(38-3)22(14-17)39-4)23(34)18-9-7-16(28)13-19(18)29/h7-10,13-15H,5-6,11-12H2,1-4H3,(H2,30,37)(H,35,36). The van der Waals surface area contributed by atoms with E-state index in [1.54, 1.807) is 12.1 Å². The third kappa shape index (κ3) is 6.17. The van der Waals surface area contributed by atoms with E-state index in [4.69, 9.17) is 38.4 Å². The fourth-order valence-corrected chi connectivity index (χ4v) is 5.84. The highest BCUT2D eigenvalue weighted by Gasteiger charge is 2.51. The van der Waals surface area contributed by atoms with Gasteiger partial charge in [-0.05, 0) is 49.8 Å². The van der Waals surface area contributed by atoms with Crippen molar-refractivity contribution < 1.29 is 29.0 Å². The quantitative estimate of drug-likeness (QED) is 0.279. The molecule has 10 nitrogen and oxygen atoms in total. The summed E-state index contributed by atoms with van der Waals surface area (Å²) < 4.78 is 10.8. The van der Waals surface area contributed by atoms with E-state index in [1.807, 2.05) is 13.8 Å². The van der Waals surface area contributed by atoms with Crippen molar-refractivity contribution in [2.75, 3.05) is 38.8 Å². The van der Waals surface area contributed by atoms with Gasteiger partial charge in [-0.25, -0.2) is 9.78 Å². The van der Waals surface area contributed by atoms with Gasteiger partial charge in [0.2, 0.25) is 0 Å². The Balaban J connectivity index is 2.40. The van der Waals surface area contributed by atoms with Crippen LogP contribution in [0.5, 0.6) is 11.5 Å². The van der Waals surface area contributed by atoms with Gasteiger partial charge >= 0.3 is 5.97 Å². The lowest BCUT2D eigenvalue weighted by molar-refractivity contribution is -0.123. The number of primary amides is 1. The van der Waals surface area contributed by atoms with E-state index in [9.17, 15) is 19.5 Å². The van der Waals surface area contributed by atoms with Crippen molar-refractivity contribution >= 4 is 58.0 Å². The summed E-state index contributed by atoms with van der Waals surface area (Å²) >= 11 is 13.5. The molecule has 1 heterocycles. The van der Waals surface area contributed by atoms with E-state index in [2.05, 4.69) is 9.88 Å². The largest absolute Gasteiger partial charge is 0.493 e. The molecule has 3 aromatic rings. The number of benzene rings is 2. The number of rotatable bonds is 13. The first-order chi connectivity index (χ1) is 19.0. The zero-order chi connectivity index (χ0) is 29.6. The number of carbonyl (C=O) groups excluding carboxylic acids is 2. The van der Waals surface area contributed by atoms with Crippen molar-refractivity contribution in [3.63, 3.8) is 0 Å². The monoisotopic (exact) mass is 608 g/mol. The van der Waals surface area contributed by atoms with Crippen LogP contribution in [0.15, 0.2) is 41.8 Å². The zero-order valence-electron chi connectivity index (χ0n) is 22.4. The molecule has 13 heteroatoms. The van der Waals surface area contributed by atoms with Crippen molar-refractivity contribution in [3.8, 4) is 11.5 Å². The van der Waals surface area contributed by atoms with Crippen molar-refractivity contribution in [2.45, 2.75) is 25.8 Å². The molecule has 0 saturated carbocycles. The number of carboxylic acid groups (broad SMARTS) is 1. The summed E-state index contributed by atoms with van der Waals surface area (Å²) in [6, 6.07) is 9.05. The summed E-state index contributed by atoms with van der Waals surface area (Å²) in [6.07, 6.45) is 0.00186. The average molecular weight is 610 g/mol. The Kier molecular flexibility index (Phi) is 10.4. The van der Waals surface area contributed by atoms with Crippen LogP contribution in [0, 0.1) is 0 Å². The third-order valence-electron chi connectivity index (χ3n) is 6.54. The molecule has 0 saturated heterocycles. The topological polar surface area (TPSA) is 135 Å². The van der Waals surface area contributed by atoms with Gasteiger partial charge in [0.05, 0.1) is 24.8 Å². The predicted octanol–water partition coefficient (Wildman–Crippen LogP) is 4.92. The number of methoxy groups -OCH3 is 2. The number of halogens is 2. The van der Waals surface area contributed by atoms with Gasteiger partial charge in [0.25, 0.3) is 11.8 Å². The molecule has 2 amide bonds. The molecule has 3 N–H and O–H groups in total. The Bertz CT molecular complexity index is 1400. The number of nitrogens with zero attached hydrogens (tertiary/aromatic N) is 3. The summed E-state index contributed by atoms with van der Waals surface area (Å²) in [5.74, 6) is -2.20. The second kappa shape index (κ2) is 13.3. The van der Waals surface area contributed by atoms with Gasteiger partial charge in [-0.3, -0.25) is 14.5 Å². The molecule has 0 aliphatic heterocycles. The van der Waals surface area contributed by atoms with Gasteiger partial charge in [0, 0.05) is 28.7 Å². The molecule has 0 aliphatic carbocycles. The molecular formula is C27H30Cl2N4O6S. The van der Waals surface area contributed by atoms with Crippen LogP contribution >= 0.6 is 34.5 Å². The molecule has 40 heavy (non-hydrogen) atoms. The number of aromatic carboxylic acids is 1. The fourth-order valence-electron chi connectivity index (χ4n) is 4.33. The van der Waals surface area contributed by atoms with Crippen LogP contribution in [0.1, 0.15) is 46.1 Å². The smallest absolute Gasteiger partial charge is 0.355 e. The summed E-state index contributed by atoms with van der Waals surface area (Å²) in [4.78, 5) is 47.4. The Morgan fingerprint density at radius 1 is 1.05 bits per heavy atom. The minimum absolute atomic E-state index is 0.00186. The van der Waals surface area contributed by atoms with Gasteiger partial charge in [-0.1, -0.05) is 37.0 Å². The Morgan fingerprint density at radius 3 is 2.25 bits per heavy atom. The fraction of sp³-hybridized carbons (Fsp3) is 0.333. The third-order valence-corrected chi connectivity index (χ3v) is 8.08. The summed E-state index contributed by atoms with van der Waals surface area (Å²) in [6.45, 7) is 5.59. The van der Waals surface area contributed by atoms with Crippen molar-refractivity contribution in [3.05, 3.63) is 68.1 Å². The Labute approximate surface area is 246 Å². The zero-order valence-corrected chi connectivity index (χ0v) is 24.8. The Morgan fingerprint density at radius 2 is 1.73 bits per heavy atom. The van der Waals surface area contributed by atoms with E-state index in [0.717, 1.165) is 11.3 Å². The van der Waals surface area contributed by atoms with Gasteiger partial charge in [0.1, 0.15) is 5.01 Å². The maximum Gasteiger partial charge on any atom is 0.355 e. The maximum absolute atomic E-state index is 14.4. The number of anilines is 1. The number of hydrogen-bond donors (Lipinski definition) is 2. The van der Waals surface area contributed by atoms with Gasteiger partial charge in [-0.2, -0.15) is 0 Å². The van der Waals surface area contributed by atoms with E-state index in [0.29, 0.717) is 30.4 Å². The van der Waals surface area contributed by atoms with E-state index < -0.39 is 23.3 Å². The van der Waals surface area contributed by atoms with Crippen molar-refractivity contribution in [2.24, 2.45) is 5.73 Å². The van der Waals surface area contributed by atoms with Gasteiger partial charge in [-0.15, -0.1) is 11.3 Å². The maximum atomic E-state index is 14.4. The van der Waals surface area contributed by atoms with E-state index >= 15 is 0 Å². The Hall–Kier alpha value is -3.38. The predicted molar refractivity (Wildman–Crippen MR) is 155 cm³/mol. The van der Waals surface area contributed by atoms with Gasteiger partial charge < -0.3 is 25.2 Å². The molecule has 0 aliphatic rings. The van der Waals surface area contributed by atoms with Crippen molar-refractivity contribution in [1.29, 1.82) is 0 Å². The number of aromatic nitrogens is 1. The highest BCUT2D eigenvalue weighted by Crippen LogP contribution is 2.43. The van der Waals surface area contributed by atoms with Crippen molar-refractivity contribution in [1.82, 2.24) is 9.88 Å². The van der Waals surface area contributed by atoms with Crippen LogP contribution in [0.2, 0.25) is 10.0 Å². The minimum Gasteiger partial charge on any atom is -0.493 e. The number of nitrogens with two attached hydrogens (primary N) is 1. The molecule has 0 radical (unpaired) electrons. The first-order valence-corrected chi connectivity index (χ1v) is 13.9. The van der Waals surface area contributed by atoms with Crippen LogP contribution in [0.25, 0.3) is 0 Å². The lowest BCUT2D eigenvalue weighted by Gasteiger charge is -2.41. The summed E-state index contributed by atoms with van der Waals surface area (Å²) in [5, 5.41) is 11.3. The number of carboxylic acids is 1. The molecule has 1 aromatic heterocycles. The molecule has 1 atom stereocenters. The SMILES string of the molecule is CCN(CC)CCC(C(N)=O)(c1nc(C(=O)O)cs1)N(C(=O)c1ccc(Cl)cc1Cl)c1ccc(OC)c(OC)c1. The lowest BCUT2D eigenvalue weighted by Crippen LogP contribution is -2.59. The number of thiazole rings is 1. The number of hydrogen-bond acceptors (Lipinski definition) is 8. The van der Waals surface area contributed by atoms with Crippen LogP contribution in [0.3, 0.4) is 0 Å². The second-order valence-corrected chi connectivity index (χ2v) is 10.4. The molecule has 3 rings (SSSR count). The lowest BCUT2D eigenvalue weighted by atomic mass is 9.89. The first kappa shape index (κ1) is 31.2. The van der Waals surface area contributed by atoms with Crippen LogP contribution < -0.4 is 20.1 Å². The average Bonchev–Trinajstić information content (AvgIpc) is 3.43. The van der Waals surface area contributed by atoms with Crippen LogP contribution in [-0.4, -0.2) is 66.6 Å². The second-order valence-electron chi connectivity index (χ2n) is 8.65. The number of ether oxygens (including phenoxy) is 2. The van der Waals surface area contributed by atoms with E-state index in [1.165, 1.54) is 48.8 Å². The minimum atomic E-state index is -1.92. The van der Waals surface area contributed by atoms with Gasteiger partial charge in [0.15, 0.2) is 22.7 Å². The molecule has 1 unspecified atom stereocenters. The summed E-state index contributed by atoms with van der Waals surface area (Å²) in [7, 11) is 2.90. The van der Waals surface area contributed by atoms with Crippen LogP contribution in [0.4, 0.5) is 5.69 Å². The normalized spacial score (nSPS) is 12.6. The molecule has 2 aromatic carbocycles. The molecular weight excluding hydrogens is 579 g/mol. The first-order valence-electron chi connectivity index (χ1n) is 12.3.